The Morgan fingerprint density at radius 2 is 1.63 bits per heavy atom. The second kappa shape index (κ2) is 5.71. The number of anilines is 2. The molecule has 19 heavy (non-hydrogen) atoms. The van der Waals surface area contributed by atoms with Gasteiger partial charge in [0.2, 0.25) is 5.91 Å². The lowest BCUT2D eigenvalue weighted by molar-refractivity contribution is -0.114. The molecule has 0 spiro atoms. The summed E-state index contributed by atoms with van der Waals surface area (Å²) >= 11 is 3.14. The topological polar surface area (TPSA) is 71.3 Å². The molecule has 1 aromatic heterocycles. The maximum Gasteiger partial charge on any atom is 0.260 e. The van der Waals surface area contributed by atoms with E-state index < -0.39 is 0 Å². The van der Waals surface area contributed by atoms with Gasteiger partial charge in [0.05, 0.1) is 11.8 Å². The molecule has 0 bridgehead atoms. The quantitative estimate of drug-likeness (QED) is 0.911. The molecule has 0 saturated heterocycles. The van der Waals surface area contributed by atoms with Crippen molar-refractivity contribution in [2.75, 3.05) is 10.6 Å². The summed E-state index contributed by atoms with van der Waals surface area (Å²) in [6.07, 6.45) is 1.43. The number of hydrogen-bond acceptors (Lipinski definition) is 3. The Labute approximate surface area is 118 Å². The first-order valence-corrected chi connectivity index (χ1v) is 6.27. The summed E-state index contributed by atoms with van der Waals surface area (Å²) in [5.41, 5.74) is 1.73. The molecule has 0 aliphatic rings. The maximum atomic E-state index is 11.9. The lowest BCUT2D eigenvalue weighted by atomic mass is 10.2. The Kier molecular flexibility index (Phi) is 4.01. The first kappa shape index (κ1) is 13.4. The van der Waals surface area contributed by atoms with E-state index in [2.05, 4.69) is 26.6 Å². The first-order chi connectivity index (χ1) is 9.06. The number of nitrogens with one attached hydrogen (secondary N) is 2. The van der Waals surface area contributed by atoms with Crippen LogP contribution in [0.15, 0.2) is 45.7 Å². The van der Waals surface area contributed by atoms with Crippen LogP contribution in [0, 0.1) is 0 Å². The first-order valence-electron chi connectivity index (χ1n) is 5.48. The standard InChI is InChI=1S/C13H11BrN2O3/c1-8(17)15-9-2-4-10(5-3-9)16-13(18)11-6-7-19-12(11)14/h2-7H,1H3,(H,15,17)(H,16,18). The molecule has 1 aromatic carbocycles. The van der Waals surface area contributed by atoms with E-state index in [-0.39, 0.29) is 11.8 Å². The summed E-state index contributed by atoms with van der Waals surface area (Å²) in [5.74, 6) is -0.410. The number of benzene rings is 1. The lowest BCUT2D eigenvalue weighted by Gasteiger charge is -2.06. The van der Waals surface area contributed by atoms with Crippen LogP contribution in [0.3, 0.4) is 0 Å². The molecular weight excluding hydrogens is 312 g/mol. The van der Waals surface area contributed by atoms with Crippen molar-refractivity contribution in [1.82, 2.24) is 0 Å². The average molecular weight is 323 g/mol. The van der Waals surface area contributed by atoms with Gasteiger partial charge in [0.25, 0.3) is 5.91 Å². The van der Waals surface area contributed by atoms with Crippen LogP contribution >= 0.6 is 15.9 Å². The van der Waals surface area contributed by atoms with Crippen LogP contribution in [-0.4, -0.2) is 11.8 Å². The van der Waals surface area contributed by atoms with Gasteiger partial charge in [-0.05, 0) is 46.3 Å². The van der Waals surface area contributed by atoms with Crippen LogP contribution in [0.25, 0.3) is 0 Å². The summed E-state index contributed by atoms with van der Waals surface area (Å²) in [7, 11) is 0. The molecule has 2 aromatic rings. The molecule has 0 fully saturated rings. The SMILES string of the molecule is CC(=O)Nc1ccc(NC(=O)c2ccoc2Br)cc1. The van der Waals surface area contributed by atoms with Crippen molar-refractivity contribution in [1.29, 1.82) is 0 Å². The van der Waals surface area contributed by atoms with Crippen molar-refractivity contribution in [3.63, 3.8) is 0 Å². The number of furan rings is 1. The van der Waals surface area contributed by atoms with Crippen molar-refractivity contribution >= 4 is 39.1 Å². The molecule has 0 saturated carbocycles. The van der Waals surface area contributed by atoms with E-state index in [1.807, 2.05) is 0 Å². The fourth-order valence-electron chi connectivity index (χ4n) is 1.49. The lowest BCUT2D eigenvalue weighted by Crippen LogP contribution is -2.11. The van der Waals surface area contributed by atoms with Gasteiger partial charge in [-0.3, -0.25) is 9.59 Å². The predicted octanol–water partition coefficient (Wildman–Crippen LogP) is 3.25. The number of halogens is 1. The molecule has 98 valence electrons. The van der Waals surface area contributed by atoms with Gasteiger partial charge < -0.3 is 15.1 Å². The summed E-state index contributed by atoms with van der Waals surface area (Å²) < 4.78 is 5.38. The van der Waals surface area contributed by atoms with Crippen LogP contribution in [-0.2, 0) is 4.79 Å². The Morgan fingerprint density at radius 3 is 2.11 bits per heavy atom. The molecule has 0 unspecified atom stereocenters. The van der Waals surface area contributed by atoms with Crippen LogP contribution in [0.5, 0.6) is 0 Å². The Hall–Kier alpha value is -2.08. The maximum absolute atomic E-state index is 11.9. The molecule has 1 heterocycles. The minimum atomic E-state index is -0.270. The minimum absolute atomic E-state index is 0.140. The monoisotopic (exact) mass is 322 g/mol. The van der Waals surface area contributed by atoms with Gasteiger partial charge in [-0.25, -0.2) is 0 Å². The highest BCUT2D eigenvalue weighted by Crippen LogP contribution is 2.20. The third-order valence-electron chi connectivity index (χ3n) is 2.33. The largest absolute Gasteiger partial charge is 0.457 e. The van der Waals surface area contributed by atoms with E-state index in [1.54, 1.807) is 30.3 Å². The highest BCUT2D eigenvalue weighted by molar-refractivity contribution is 9.10. The summed E-state index contributed by atoms with van der Waals surface area (Å²) in [5, 5.41) is 5.37. The second-order valence-electron chi connectivity index (χ2n) is 3.82. The number of rotatable bonds is 3. The number of hydrogen-bond donors (Lipinski definition) is 2. The highest BCUT2D eigenvalue weighted by Gasteiger charge is 2.12. The Bertz CT molecular complexity index is 605. The zero-order chi connectivity index (χ0) is 13.8. The van der Waals surface area contributed by atoms with Gasteiger partial charge in [-0.15, -0.1) is 0 Å². The third-order valence-corrected chi connectivity index (χ3v) is 2.94. The summed E-state index contributed by atoms with van der Waals surface area (Å²) in [6, 6.07) is 8.41. The molecule has 2 rings (SSSR count). The molecular formula is C13H11BrN2O3. The zero-order valence-corrected chi connectivity index (χ0v) is 11.7. The van der Waals surface area contributed by atoms with Crippen LogP contribution in [0.4, 0.5) is 11.4 Å². The number of carbonyl (C=O) groups is 2. The molecule has 0 radical (unpaired) electrons. The molecule has 0 aliphatic heterocycles. The fraction of sp³-hybridized carbons (Fsp3) is 0.0769. The van der Waals surface area contributed by atoms with Crippen molar-refractivity contribution in [2.45, 2.75) is 6.92 Å². The fourth-order valence-corrected chi connectivity index (χ4v) is 1.91. The van der Waals surface area contributed by atoms with Crippen LogP contribution in [0.1, 0.15) is 17.3 Å². The minimum Gasteiger partial charge on any atom is -0.457 e. The van der Waals surface area contributed by atoms with Crippen LogP contribution < -0.4 is 10.6 Å². The van der Waals surface area contributed by atoms with Gasteiger partial charge in [-0.1, -0.05) is 0 Å². The smallest absolute Gasteiger partial charge is 0.260 e. The molecule has 2 N–H and O–H groups in total. The summed E-state index contributed by atoms with van der Waals surface area (Å²) in [6.45, 7) is 1.44. The molecule has 6 heteroatoms. The number of amides is 2. The highest BCUT2D eigenvalue weighted by atomic mass is 79.9. The molecule has 0 atom stereocenters. The number of carbonyl (C=O) groups excluding carboxylic acids is 2. The Morgan fingerprint density at radius 1 is 1.05 bits per heavy atom. The van der Waals surface area contributed by atoms with Crippen LogP contribution in [0.2, 0.25) is 0 Å². The third kappa shape index (κ3) is 3.45. The average Bonchev–Trinajstić information content (AvgIpc) is 2.77. The predicted molar refractivity (Wildman–Crippen MR) is 75.1 cm³/mol. The van der Waals surface area contributed by atoms with Gasteiger partial charge in [-0.2, -0.15) is 0 Å². The molecule has 2 amide bonds. The second-order valence-corrected chi connectivity index (χ2v) is 4.54. The zero-order valence-electron chi connectivity index (χ0n) is 10.1. The van der Waals surface area contributed by atoms with Gasteiger partial charge in [0.1, 0.15) is 0 Å². The van der Waals surface area contributed by atoms with Crippen molar-refractivity contribution in [3.8, 4) is 0 Å². The molecule has 0 aliphatic carbocycles. The molecule has 5 nitrogen and oxygen atoms in total. The van der Waals surface area contributed by atoms with Gasteiger partial charge >= 0.3 is 0 Å². The van der Waals surface area contributed by atoms with E-state index in [0.29, 0.717) is 21.6 Å². The normalized spacial score (nSPS) is 10.0. The van der Waals surface area contributed by atoms with E-state index in [1.165, 1.54) is 13.2 Å². The van der Waals surface area contributed by atoms with Gasteiger partial charge in [0.15, 0.2) is 4.67 Å². The van der Waals surface area contributed by atoms with Crippen molar-refractivity contribution < 1.29 is 14.0 Å². The van der Waals surface area contributed by atoms with E-state index in [0.717, 1.165) is 0 Å². The summed E-state index contributed by atoms with van der Waals surface area (Å²) in [4.78, 5) is 22.8. The van der Waals surface area contributed by atoms with Gasteiger partial charge in [0, 0.05) is 18.3 Å². The van der Waals surface area contributed by atoms with Crippen molar-refractivity contribution in [2.24, 2.45) is 0 Å². The van der Waals surface area contributed by atoms with Crippen molar-refractivity contribution in [3.05, 3.63) is 46.8 Å². The van der Waals surface area contributed by atoms with E-state index in [9.17, 15) is 9.59 Å². The van der Waals surface area contributed by atoms with E-state index >= 15 is 0 Å². The van der Waals surface area contributed by atoms with E-state index in [4.69, 9.17) is 4.42 Å². The Balaban J connectivity index is 2.06.